The third-order valence-electron chi connectivity index (χ3n) is 2.21. The van der Waals surface area contributed by atoms with Gasteiger partial charge in [-0.3, -0.25) is 0 Å². The maximum atomic E-state index is 13.0. The highest BCUT2D eigenvalue weighted by Gasteiger charge is 2.03. The molecule has 0 aromatic heterocycles. The Hall–Kier alpha value is -0.450. The van der Waals surface area contributed by atoms with Gasteiger partial charge >= 0.3 is 0 Å². The molecular formula is C12H17BrFNO. The van der Waals surface area contributed by atoms with E-state index in [2.05, 4.69) is 28.2 Å². The molecule has 0 fully saturated rings. The van der Waals surface area contributed by atoms with Gasteiger partial charge in [0.2, 0.25) is 0 Å². The molecule has 0 heterocycles. The zero-order valence-electron chi connectivity index (χ0n) is 9.59. The number of hydrogen-bond acceptors (Lipinski definition) is 2. The molecule has 0 amide bonds. The van der Waals surface area contributed by atoms with Crippen LogP contribution in [0.25, 0.3) is 0 Å². The zero-order chi connectivity index (χ0) is 12.0. The molecule has 0 radical (unpaired) electrons. The summed E-state index contributed by atoms with van der Waals surface area (Å²) in [4.78, 5) is 0. The Labute approximate surface area is 104 Å². The van der Waals surface area contributed by atoms with Crippen LogP contribution in [0.15, 0.2) is 22.7 Å². The highest BCUT2D eigenvalue weighted by molar-refractivity contribution is 9.10. The van der Waals surface area contributed by atoms with Gasteiger partial charge in [0.1, 0.15) is 5.82 Å². The van der Waals surface area contributed by atoms with E-state index >= 15 is 0 Å². The highest BCUT2D eigenvalue weighted by Crippen LogP contribution is 2.16. The molecular weight excluding hydrogens is 273 g/mol. The van der Waals surface area contributed by atoms with Crippen LogP contribution in [0.2, 0.25) is 0 Å². The number of rotatable bonds is 6. The lowest BCUT2D eigenvalue weighted by molar-refractivity contribution is 0.127. The van der Waals surface area contributed by atoms with Crippen LogP contribution in [0.1, 0.15) is 19.4 Å². The Bertz CT molecular complexity index is 333. The van der Waals surface area contributed by atoms with Crippen molar-refractivity contribution in [2.75, 3.05) is 13.2 Å². The lowest BCUT2D eigenvalue weighted by Gasteiger charge is -2.13. The summed E-state index contributed by atoms with van der Waals surface area (Å²) in [6.07, 6.45) is 0. The van der Waals surface area contributed by atoms with E-state index < -0.39 is 0 Å². The Morgan fingerprint density at radius 1 is 1.50 bits per heavy atom. The quantitative estimate of drug-likeness (QED) is 0.869. The summed E-state index contributed by atoms with van der Waals surface area (Å²) in [5.41, 5.74) is 1.05. The zero-order valence-corrected chi connectivity index (χ0v) is 11.2. The molecule has 0 aliphatic carbocycles. The summed E-state index contributed by atoms with van der Waals surface area (Å²) in [5, 5.41) is 3.31. The van der Waals surface area contributed by atoms with Gasteiger partial charge in [-0.2, -0.15) is 0 Å². The number of hydrogen-bond donors (Lipinski definition) is 1. The normalized spacial score (nSPS) is 12.8. The number of ether oxygens (including phenoxy) is 1. The van der Waals surface area contributed by atoms with Crippen molar-refractivity contribution >= 4 is 15.9 Å². The molecule has 4 heteroatoms. The van der Waals surface area contributed by atoms with Gasteiger partial charge in [-0.05, 0) is 47.5 Å². The van der Waals surface area contributed by atoms with E-state index in [1.54, 1.807) is 12.1 Å². The van der Waals surface area contributed by atoms with Crippen molar-refractivity contribution in [2.45, 2.75) is 26.4 Å². The fourth-order valence-electron chi connectivity index (χ4n) is 1.30. The molecule has 1 atom stereocenters. The second kappa shape index (κ2) is 6.99. The lowest BCUT2D eigenvalue weighted by atomic mass is 10.2. The van der Waals surface area contributed by atoms with Crippen molar-refractivity contribution in [3.05, 3.63) is 34.1 Å². The highest BCUT2D eigenvalue weighted by atomic mass is 79.9. The van der Waals surface area contributed by atoms with Crippen molar-refractivity contribution in [3.63, 3.8) is 0 Å². The van der Waals surface area contributed by atoms with Crippen LogP contribution < -0.4 is 5.32 Å². The molecule has 1 N–H and O–H groups in total. The molecule has 0 spiro atoms. The predicted octanol–water partition coefficient (Wildman–Crippen LogP) is 3.10. The largest absolute Gasteiger partial charge is 0.380 e. The molecule has 90 valence electrons. The van der Waals surface area contributed by atoms with Crippen LogP contribution in [0, 0.1) is 5.82 Å². The van der Waals surface area contributed by atoms with E-state index in [0.29, 0.717) is 23.7 Å². The average molecular weight is 290 g/mol. The molecule has 0 aliphatic rings. The van der Waals surface area contributed by atoms with Gasteiger partial charge < -0.3 is 10.1 Å². The molecule has 2 nitrogen and oxygen atoms in total. The molecule has 0 aliphatic heterocycles. The van der Waals surface area contributed by atoms with Gasteiger partial charge in [-0.1, -0.05) is 6.07 Å². The third-order valence-corrected chi connectivity index (χ3v) is 2.82. The maximum Gasteiger partial charge on any atom is 0.137 e. The molecule has 1 aromatic rings. The summed E-state index contributed by atoms with van der Waals surface area (Å²) in [5.74, 6) is -0.230. The summed E-state index contributed by atoms with van der Waals surface area (Å²) in [6.45, 7) is 6.18. The summed E-state index contributed by atoms with van der Waals surface area (Å²) >= 11 is 3.17. The SMILES string of the molecule is CCOCC(C)NCc1ccc(F)c(Br)c1. The van der Waals surface area contributed by atoms with Crippen molar-refractivity contribution in [3.8, 4) is 0 Å². The van der Waals surface area contributed by atoms with Gasteiger partial charge in [-0.15, -0.1) is 0 Å². The van der Waals surface area contributed by atoms with E-state index in [9.17, 15) is 4.39 Å². The second-order valence-corrected chi connectivity index (χ2v) is 4.54. The minimum Gasteiger partial charge on any atom is -0.380 e. The molecule has 16 heavy (non-hydrogen) atoms. The summed E-state index contributed by atoms with van der Waals surface area (Å²) in [7, 11) is 0. The van der Waals surface area contributed by atoms with Crippen molar-refractivity contribution in [1.29, 1.82) is 0 Å². The smallest absolute Gasteiger partial charge is 0.137 e. The first-order valence-electron chi connectivity index (χ1n) is 5.38. The summed E-state index contributed by atoms with van der Waals surface area (Å²) < 4.78 is 18.8. The van der Waals surface area contributed by atoms with Crippen LogP contribution in [0.3, 0.4) is 0 Å². The fraction of sp³-hybridized carbons (Fsp3) is 0.500. The minimum atomic E-state index is -0.230. The van der Waals surface area contributed by atoms with Gasteiger partial charge in [0, 0.05) is 19.2 Å². The van der Waals surface area contributed by atoms with E-state index in [4.69, 9.17) is 4.74 Å². The number of benzene rings is 1. The average Bonchev–Trinajstić information content (AvgIpc) is 2.28. The standard InChI is InChI=1S/C12H17BrFNO/c1-3-16-8-9(2)15-7-10-4-5-12(14)11(13)6-10/h4-6,9,15H,3,7-8H2,1-2H3. The number of nitrogens with one attached hydrogen (secondary N) is 1. The Balaban J connectivity index is 2.39. The molecule has 0 bridgehead atoms. The van der Waals surface area contributed by atoms with Crippen molar-refractivity contribution in [1.82, 2.24) is 5.32 Å². The molecule has 1 rings (SSSR count). The van der Waals surface area contributed by atoms with E-state index in [-0.39, 0.29) is 5.82 Å². The first-order valence-corrected chi connectivity index (χ1v) is 6.17. The summed E-state index contributed by atoms with van der Waals surface area (Å²) in [6, 6.07) is 5.33. The topological polar surface area (TPSA) is 21.3 Å². The molecule has 0 saturated heterocycles. The van der Waals surface area contributed by atoms with Gasteiger partial charge in [0.15, 0.2) is 0 Å². The van der Waals surface area contributed by atoms with Crippen LogP contribution in [-0.4, -0.2) is 19.3 Å². The molecule has 1 unspecified atom stereocenters. The second-order valence-electron chi connectivity index (χ2n) is 3.69. The number of halogens is 2. The van der Waals surface area contributed by atoms with Crippen LogP contribution >= 0.6 is 15.9 Å². The van der Waals surface area contributed by atoms with Crippen LogP contribution in [0.4, 0.5) is 4.39 Å². The van der Waals surface area contributed by atoms with E-state index in [1.165, 1.54) is 6.07 Å². The van der Waals surface area contributed by atoms with Crippen LogP contribution in [-0.2, 0) is 11.3 Å². The van der Waals surface area contributed by atoms with E-state index in [1.807, 2.05) is 6.92 Å². The van der Waals surface area contributed by atoms with Crippen LogP contribution in [0.5, 0.6) is 0 Å². The fourth-order valence-corrected chi connectivity index (χ4v) is 1.72. The first kappa shape index (κ1) is 13.6. The Kier molecular flexibility index (Phi) is 5.95. The van der Waals surface area contributed by atoms with Gasteiger partial charge in [0.25, 0.3) is 0 Å². The predicted molar refractivity (Wildman–Crippen MR) is 66.9 cm³/mol. The Morgan fingerprint density at radius 3 is 2.88 bits per heavy atom. The third kappa shape index (κ3) is 4.60. The van der Waals surface area contributed by atoms with E-state index in [0.717, 1.165) is 12.2 Å². The molecule has 0 saturated carbocycles. The van der Waals surface area contributed by atoms with Crippen molar-refractivity contribution in [2.24, 2.45) is 0 Å². The van der Waals surface area contributed by atoms with Gasteiger partial charge in [-0.25, -0.2) is 4.39 Å². The lowest BCUT2D eigenvalue weighted by Crippen LogP contribution is -2.30. The first-order chi connectivity index (χ1) is 7.63. The molecule has 1 aromatic carbocycles. The minimum absolute atomic E-state index is 0.230. The van der Waals surface area contributed by atoms with Crippen molar-refractivity contribution < 1.29 is 9.13 Å². The van der Waals surface area contributed by atoms with Gasteiger partial charge in [0.05, 0.1) is 11.1 Å². The monoisotopic (exact) mass is 289 g/mol. The Morgan fingerprint density at radius 2 is 2.25 bits per heavy atom. The maximum absolute atomic E-state index is 13.0.